The number of nitrogens with two attached hydrogens (primary N) is 1. The maximum atomic E-state index is 11.9. The fourth-order valence-electron chi connectivity index (χ4n) is 1.74. The van der Waals surface area contributed by atoms with Gasteiger partial charge < -0.3 is 5.32 Å². The van der Waals surface area contributed by atoms with Gasteiger partial charge in [-0.2, -0.15) is 5.10 Å². The Balaban J connectivity index is 2.21. The first-order valence-corrected chi connectivity index (χ1v) is 7.96. The number of thioether (sulfide) groups is 1. The van der Waals surface area contributed by atoms with Gasteiger partial charge in [0.25, 0.3) is 0 Å². The number of aryl methyl sites for hydroxylation is 1. The molecule has 2 rings (SSSR count). The zero-order valence-electron chi connectivity index (χ0n) is 9.79. The third-order valence-electron chi connectivity index (χ3n) is 2.57. The Morgan fingerprint density at radius 2 is 2.39 bits per heavy atom. The molecule has 1 aliphatic rings. The predicted molar refractivity (Wildman–Crippen MR) is 68.7 cm³/mol. The van der Waals surface area contributed by atoms with Gasteiger partial charge in [-0.05, 0) is 18.6 Å². The molecule has 1 saturated heterocycles. The van der Waals surface area contributed by atoms with E-state index < -0.39 is 10.0 Å². The summed E-state index contributed by atoms with van der Waals surface area (Å²) >= 11 is 1.56. The average Bonchev–Trinajstić information content (AvgIpc) is 2.85. The number of hydrogen-bond donors (Lipinski definition) is 2. The van der Waals surface area contributed by atoms with Crippen LogP contribution in [0.3, 0.4) is 0 Å². The van der Waals surface area contributed by atoms with Crippen LogP contribution in [0, 0.1) is 0 Å². The lowest BCUT2D eigenvalue weighted by atomic mass is 10.2. The van der Waals surface area contributed by atoms with Gasteiger partial charge in [0, 0.05) is 13.2 Å². The first-order chi connectivity index (χ1) is 8.38. The summed E-state index contributed by atoms with van der Waals surface area (Å²) in [5.41, 5.74) is 0. The number of carbonyl (C=O) groups excluding carboxylic acids is 1. The van der Waals surface area contributed by atoms with E-state index in [1.165, 1.54) is 10.9 Å². The molecule has 1 amide bonds. The van der Waals surface area contributed by atoms with Crippen LogP contribution in [0.4, 0.5) is 5.82 Å². The van der Waals surface area contributed by atoms with Gasteiger partial charge in [0.2, 0.25) is 15.9 Å². The van der Waals surface area contributed by atoms with Crippen molar-refractivity contribution >= 4 is 33.5 Å². The van der Waals surface area contributed by atoms with Crippen molar-refractivity contribution in [3.05, 3.63) is 6.20 Å². The number of nitrogens with zero attached hydrogens (tertiary/aromatic N) is 2. The zero-order valence-corrected chi connectivity index (χ0v) is 11.4. The molecule has 1 aliphatic heterocycles. The zero-order chi connectivity index (χ0) is 13.3. The highest BCUT2D eigenvalue weighted by Gasteiger charge is 2.26. The largest absolute Gasteiger partial charge is 0.307 e. The van der Waals surface area contributed by atoms with Gasteiger partial charge in [0.1, 0.15) is 4.90 Å². The Kier molecular flexibility index (Phi) is 3.64. The van der Waals surface area contributed by atoms with E-state index in [4.69, 9.17) is 5.14 Å². The van der Waals surface area contributed by atoms with Crippen LogP contribution in [0.15, 0.2) is 11.1 Å². The standard InChI is InChI=1S/C9H14N4O3S2/c1-13-5-7(18(10,15)16)8(12-13)11-9(14)6-3-2-4-17-6/h5-6H,2-4H2,1H3,(H2,10,15,16)(H,11,12,14). The van der Waals surface area contributed by atoms with E-state index in [0.717, 1.165) is 18.6 Å². The molecule has 100 valence electrons. The molecule has 1 aromatic heterocycles. The van der Waals surface area contributed by atoms with Gasteiger partial charge in [0.15, 0.2) is 5.82 Å². The summed E-state index contributed by atoms with van der Waals surface area (Å²) in [6.45, 7) is 0. The minimum absolute atomic E-state index is 0.00231. The molecular weight excluding hydrogens is 276 g/mol. The molecule has 1 fully saturated rings. The molecule has 0 saturated carbocycles. The van der Waals surface area contributed by atoms with E-state index in [1.54, 1.807) is 18.8 Å². The molecular formula is C9H14N4O3S2. The van der Waals surface area contributed by atoms with Gasteiger partial charge in [-0.25, -0.2) is 13.6 Å². The summed E-state index contributed by atoms with van der Waals surface area (Å²) < 4.78 is 24.0. The Morgan fingerprint density at radius 3 is 2.94 bits per heavy atom. The van der Waals surface area contributed by atoms with Crippen molar-refractivity contribution in [2.75, 3.05) is 11.1 Å². The molecule has 0 spiro atoms. The fourth-order valence-corrected chi connectivity index (χ4v) is 3.57. The van der Waals surface area contributed by atoms with Crippen LogP contribution < -0.4 is 10.5 Å². The van der Waals surface area contributed by atoms with Crippen LogP contribution in [0.25, 0.3) is 0 Å². The molecule has 1 aromatic rings. The summed E-state index contributed by atoms with van der Waals surface area (Å²) in [6.07, 6.45) is 3.06. The molecule has 0 radical (unpaired) electrons. The van der Waals surface area contributed by atoms with Crippen molar-refractivity contribution < 1.29 is 13.2 Å². The second-order valence-electron chi connectivity index (χ2n) is 4.05. The van der Waals surface area contributed by atoms with Crippen molar-refractivity contribution in [3.63, 3.8) is 0 Å². The fraction of sp³-hybridized carbons (Fsp3) is 0.556. The van der Waals surface area contributed by atoms with Gasteiger partial charge in [-0.15, -0.1) is 11.8 Å². The van der Waals surface area contributed by atoms with E-state index in [-0.39, 0.29) is 21.9 Å². The third-order valence-corrected chi connectivity index (χ3v) is 4.85. The van der Waals surface area contributed by atoms with E-state index in [2.05, 4.69) is 10.4 Å². The van der Waals surface area contributed by atoms with Gasteiger partial charge in [-0.3, -0.25) is 9.48 Å². The lowest BCUT2D eigenvalue weighted by Crippen LogP contribution is -2.24. The summed E-state index contributed by atoms with van der Waals surface area (Å²) in [5.74, 6) is 0.723. The molecule has 7 nitrogen and oxygen atoms in total. The van der Waals surface area contributed by atoms with Crippen LogP contribution in [-0.4, -0.2) is 35.1 Å². The molecule has 9 heteroatoms. The lowest BCUT2D eigenvalue weighted by Gasteiger charge is -2.08. The van der Waals surface area contributed by atoms with E-state index in [1.807, 2.05) is 0 Å². The maximum Gasteiger partial charge on any atom is 0.243 e. The normalized spacial score (nSPS) is 20.0. The van der Waals surface area contributed by atoms with Crippen molar-refractivity contribution in [1.29, 1.82) is 0 Å². The first kappa shape index (κ1) is 13.4. The van der Waals surface area contributed by atoms with Crippen molar-refractivity contribution in [2.45, 2.75) is 23.0 Å². The van der Waals surface area contributed by atoms with E-state index >= 15 is 0 Å². The Labute approximate surface area is 109 Å². The molecule has 0 bridgehead atoms. The number of carbonyl (C=O) groups is 1. The molecule has 0 aliphatic carbocycles. The number of aromatic nitrogens is 2. The molecule has 1 atom stereocenters. The maximum absolute atomic E-state index is 11.9. The quantitative estimate of drug-likeness (QED) is 0.808. The summed E-state index contributed by atoms with van der Waals surface area (Å²) in [6, 6.07) is 0. The number of hydrogen-bond acceptors (Lipinski definition) is 5. The van der Waals surface area contributed by atoms with Crippen LogP contribution in [0.5, 0.6) is 0 Å². The van der Waals surface area contributed by atoms with Crippen LogP contribution in [-0.2, 0) is 21.9 Å². The molecule has 2 heterocycles. The highest BCUT2D eigenvalue weighted by molar-refractivity contribution is 8.00. The topological polar surface area (TPSA) is 107 Å². The number of amides is 1. The molecule has 1 unspecified atom stereocenters. The average molecular weight is 290 g/mol. The molecule has 3 N–H and O–H groups in total. The summed E-state index contributed by atoms with van der Waals surface area (Å²) in [5, 5.41) is 11.4. The highest BCUT2D eigenvalue weighted by atomic mass is 32.2. The molecule has 0 aromatic carbocycles. The highest BCUT2D eigenvalue weighted by Crippen LogP contribution is 2.27. The molecule has 18 heavy (non-hydrogen) atoms. The van der Waals surface area contributed by atoms with E-state index in [9.17, 15) is 13.2 Å². The van der Waals surface area contributed by atoms with E-state index in [0.29, 0.717) is 0 Å². The first-order valence-electron chi connectivity index (χ1n) is 5.37. The summed E-state index contributed by atoms with van der Waals surface area (Å²) in [4.78, 5) is 11.7. The summed E-state index contributed by atoms with van der Waals surface area (Å²) in [7, 11) is -2.32. The second kappa shape index (κ2) is 4.90. The Hall–Kier alpha value is -1.06. The smallest absolute Gasteiger partial charge is 0.243 e. The van der Waals surface area contributed by atoms with Crippen LogP contribution >= 0.6 is 11.8 Å². The Bertz CT molecular complexity index is 560. The Morgan fingerprint density at radius 1 is 1.67 bits per heavy atom. The minimum Gasteiger partial charge on any atom is -0.307 e. The van der Waals surface area contributed by atoms with Gasteiger partial charge >= 0.3 is 0 Å². The van der Waals surface area contributed by atoms with Crippen molar-refractivity contribution in [1.82, 2.24) is 9.78 Å². The number of rotatable bonds is 3. The third kappa shape index (κ3) is 2.85. The number of primary sulfonamides is 1. The lowest BCUT2D eigenvalue weighted by molar-refractivity contribution is -0.115. The second-order valence-corrected chi connectivity index (χ2v) is 6.89. The van der Waals surface area contributed by atoms with Crippen LogP contribution in [0.2, 0.25) is 0 Å². The van der Waals surface area contributed by atoms with Gasteiger partial charge in [-0.1, -0.05) is 0 Å². The van der Waals surface area contributed by atoms with Crippen molar-refractivity contribution in [2.24, 2.45) is 12.2 Å². The van der Waals surface area contributed by atoms with Crippen molar-refractivity contribution in [3.8, 4) is 0 Å². The van der Waals surface area contributed by atoms with Crippen LogP contribution in [0.1, 0.15) is 12.8 Å². The number of anilines is 1. The SMILES string of the molecule is Cn1cc(S(N)(=O)=O)c(NC(=O)C2CCCS2)n1. The monoisotopic (exact) mass is 290 g/mol. The van der Waals surface area contributed by atoms with Gasteiger partial charge in [0.05, 0.1) is 5.25 Å². The number of sulfonamides is 1. The number of nitrogens with one attached hydrogen (secondary N) is 1. The minimum atomic E-state index is -3.89. The predicted octanol–water partition coefficient (Wildman–Crippen LogP) is -0.0984.